The lowest BCUT2D eigenvalue weighted by molar-refractivity contribution is -0.115. The Kier molecular flexibility index (Phi) is 5.78. The molecule has 0 bridgehead atoms. The SMILES string of the molecule is CC(C)C(C)CNCC(=O)Nc1ccc(F)cc1. The van der Waals surface area contributed by atoms with Crippen molar-refractivity contribution in [1.82, 2.24) is 5.32 Å². The smallest absolute Gasteiger partial charge is 0.238 e. The van der Waals surface area contributed by atoms with E-state index in [9.17, 15) is 9.18 Å². The lowest BCUT2D eigenvalue weighted by atomic mass is 9.98. The van der Waals surface area contributed by atoms with Crippen molar-refractivity contribution < 1.29 is 9.18 Å². The minimum Gasteiger partial charge on any atom is -0.325 e. The molecule has 100 valence electrons. The highest BCUT2D eigenvalue weighted by atomic mass is 19.1. The summed E-state index contributed by atoms with van der Waals surface area (Å²) in [6.45, 7) is 7.55. The van der Waals surface area contributed by atoms with Gasteiger partial charge in [-0.1, -0.05) is 20.8 Å². The molecule has 0 aliphatic carbocycles. The molecule has 1 aromatic carbocycles. The summed E-state index contributed by atoms with van der Waals surface area (Å²) in [5, 5.41) is 5.82. The molecule has 0 saturated carbocycles. The summed E-state index contributed by atoms with van der Waals surface area (Å²) in [6, 6.07) is 5.74. The van der Waals surface area contributed by atoms with Gasteiger partial charge in [0.15, 0.2) is 0 Å². The number of carbonyl (C=O) groups is 1. The summed E-state index contributed by atoms with van der Waals surface area (Å²) in [4.78, 5) is 11.6. The number of amides is 1. The fraction of sp³-hybridized carbons (Fsp3) is 0.500. The maximum atomic E-state index is 12.7. The summed E-state index contributed by atoms with van der Waals surface area (Å²) in [5.74, 6) is 0.704. The molecular formula is C14H21FN2O. The molecule has 0 heterocycles. The van der Waals surface area contributed by atoms with Crippen molar-refractivity contribution in [3.05, 3.63) is 30.1 Å². The van der Waals surface area contributed by atoms with Crippen molar-refractivity contribution in [1.29, 1.82) is 0 Å². The van der Waals surface area contributed by atoms with Gasteiger partial charge in [0.25, 0.3) is 0 Å². The van der Waals surface area contributed by atoms with Crippen LogP contribution in [0.25, 0.3) is 0 Å². The van der Waals surface area contributed by atoms with Crippen LogP contribution < -0.4 is 10.6 Å². The number of anilines is 1. The van der Waals surface area contributed by atoms with Gasteiger partial charge in [0, 0.05) is 5.69 Å². The van der Waals surface area contributed by atoms with E-state index in [1.54, 1.807) is 12.1 Å². The van der Waals surface area contributed by atoms with Crippen molar-refractivity contribution >= 4 is 11.6 Å². The molecule has 1 atom stereocenters. The first-order chi connectivity index (χ1) is 8.49. The van der Waals surface area contributed by atoms with Gasteiger partial charge < -0.3 is 10.6 Å². The summed E-state index contributed by atoms with van der Waals surface area (Å²) in [6.07, 6.45) is 0. The van der Waals surface area contributed by atoms with Gasteiger partial charge in [-0.25, -0.2) is 4.39 Å². The van der Waals surface area contributed by atoms with E-state index in [4.69, 9.17) is 0 Å². The molecule has 0 aromatic heterocycles. The highest BCUT2D eigenvalue weighted by Gasteiger charge is 2.07. The minimum atomic E-state index is -0.308. The molecular weight excluding hydrogens is 231 g/mol. The van der Waals surface area contributed by atoms with E-state index in [1.807, 2.05) is 0 Å². The van der Waals surface area contributed by atoms with Crippen LogP contribution in [0.5, 0.6) is 0 Å². The third kappa shape index (κ3) is 5.27. The number of hydrogen-bond acceptors (Lipinski definition) is 2. The van der Waals surface area contributed by atoms with Gasteiger partial charge in [0.05, 0.1) is 6.54 Å². The van der Waals surface area contributed by atoms with E-state index in [2.05, 4.69) is 31.4 Å². The van der Waals surface area contributed by atoms with Gasteiger partial charge in [0.1, 0.15) is 5.82 Å². The monoisotopic (exact) mass is 252 g/mol. The van der Waals surface area contributed by atoms with Gasteiger partial charge >= 0.3 is 0 Å². The molecule has 18 heavy (non-hydrogen) atoms. The Balaban J connectivity index is 2.27. The zero-order valence-corrected chi connectivity index (χ0v) is 11.2. The molecule has 3 nitrogen and oxygen atoms in total. The Hall–Kier alpha value is -1.42. The first-order valence-electron chi connectivity index (χ1n) is 6.25. The first-order valence-corrected chi connectivity index (χ1v) is 6.25. The van der Waals surface area contributed by atoms with Crippen LogP contribution >= 0.6 is 0 Å². The van der Waals surface area contributed by atoms with Crippen LogP contribution in [0, 0.1) is 17.7 Å². The summed E-state index contributed by atoms with van der Waals surface area (Å²) >= 11 is 0. The fourth-order valence-corrected chi connectivity index (χ4v) is 1.39. The molecule has 0 spiro atoms. The summed E-state index contributed by atoms with van der Waals surface area (Å²) in [7, 11) is 0. The van der Waals surface area contributed by atoms with Crippen LogP contribution in [0.2, 0.25) is 0 Å². The van der Waals surface area contributed by atoms with Crippen molar-refractivity contribution in [3.8, 4) is 0 Å². The minimum absolute atomic E-state index is 0.113. The zero-order valence-electron chi connectivity index (χ0n) is 11.2. The zero-order chi connectivity index (χ0) is 13.5. The highest BCUT2D eigenvalue weighted by molar-refractivity contribution is 5.92. The van der Waals surface area contributed by atoms with Crippen molar-refractivity contribution in [2.75, 3.05) is 18.4 Å². The second-order valence-corrected chi connectivity index (χ2v) is 4.91. The standard InChI is InChI=1S/C14H21FN2O/c1-10(2)11(3)8-16-9-14(18)17-13-6-4-12(15)5-7-13/h4-7,10-11,16H,8-9H2,1-3H3,(H,17,18). The lowest BCUT2D eigenvalue weighted by Gasteiger charge is -2.15. The Bertz CT molecular complexity index is 376. The fourth-order valence-electron chi connectivity index (χ4n) is 1.39. The van der Waals surface area contributed by atoms with E-state index in [0.717, 1.165) is 6.54 Å². The van der Waals surface area contributed by atoms with E-state index in [0.29, 0.717) is 17.5 Å². The van der Waals surface area contributed by atoms with E-state index in [-0.39, 0.29) is 18.3 Å². The molecule has 0 radical (unpaired) electrons. The summed E-state index contributed by atoms with van der Waals surface area (Å²) in [5.41, 5.74) is 0.611. The van der Waals surface area contributed by atoms with Gasteiger partial charge in [-0.2, -0.15) is 0 Å². The van der Waals surface area contributed by atoms with Gasteiger partial charge in [0.2, 0.25) is 5.91 Å². The van der Waals surface area contributed by atoms with E-state index >= 15 is 0 Å². The topological polar surface area (TPSA) is 41.1 Å². The predicted molar refractivity (Wildman–Crippen MR) is 71.9 cm³/mol. The highest BCUT2D eigenvalue weighted by Crippen LogP contribution is 2.08. The van der Waals surface area contributed by atoms with E-state index < -0.39 is 0 Å². The number of hydrogen-bond donors (Lipinski definition) is 2. The largest absolute Gasteiger partial charge is 0.325 e. The van der Waals surface area contributed by atoms with Crippen LogP contribution in [0.3, 0.4) is 0 Å². The number of rotatable bonds is 6. The van der Waals surface area contributed by atoms with E-state index in [1.165, 1.54) is 12.1 Å². The molecule has 1 aromatic rings. The maximum Gasteiger partial charge on any atom is 0.238 e. The average molecular weight is 252 g/mol. The molecule has 0 aliphatic heterocycles. The van der Waals surface area contributed by atoms with Gasteiger partial charge in [-0.3, -0.25) is 4.79 Å². The number of halogens is 1. The molecule has 0 saturated heterocycles. The van der Waals surface area contributed by atoms with Crippen molar-refractivity contribution in [2.24, 2.45) is 11.8 Å². The first kappa shape index (κ1) is 14.6. The van der Waals surface area contributed by atoms with Crippen molar-refractivity contribution in [3.63, 3.8) is 0 Å². The van der Waals surface area contributed by atoms with Gasteiger partial charge in [-0.05, 0) is 42.6 Å². The Morgan fingerprint density at radius 3 is 2.39 bits per heavy atom. The maximum absolute atomic E-state index is 12.7. The average Bonchev–Trinajstić information content (AvgIpc) is 2.32. The molecule has 2 N–H and O–H groups in total. The molecule has 1 rings (SSSR count). The van der Waals surface area contributed by atoms with Gasteiger partial charge in [-0.15, -0.1) is 0 Å². The van der Waals surface area contributed by atoms with Crippen LogP contribution in [0.4, 0.5) is 10.1 Å². The predicted octanol–water partition coefficient (Wildman–Crippen LogP) is 2.65. The molecule has 1 unspecified atom stereocenters. The molecule has 0 fully saturated rings. The Morgan fingerprint density at radius 1 is 1.22 bits per heavy atom. The Labute approximate surface area is 108 Å². The van der Waals surface area contributed by atoms with Crippen LogP contribution in [0.1, 0.15) is 20.8 Å². The second-order valence-electron chi connectivity index (χ2n) is 4.91. The third-order valence-corrected chi connectivity index (χ3v) is 3.02. The van der Waals surface area contributed by atoms with Crippen LogP contribution in [0.15, 0.2) is 24.3 Å². The summed E-state index contributed by atoms with van der Waals surface area (Å²) < 4.78 is 12.7. The second kappa shape index (κ2) is 7.11. The number of nitrogens with one attached hydrogen (secondary N) is 2. The normalized spacial score (nSPS) is 12.5. The number of benzene rings is 1. The number of carbonyl (C=O) groups excluding carboxylic acids is 1. The quantitative estimate of drug-likeness (QED) is 0.817. The van der Waals surface area contributed by atoms with Crippen LogP contribution in [-0.2, 0) is 4.79 Å². The third-order valence-electron chi connectivity index (χ3n) is 3.02. The van der Waals surface area contributed by atoms with Crippen LogP contribution in [-0.4, -0.2) is 19.0 Å². The molecule has 0 aliphatic rings. The molecule has 4 heteroatoms. The molecule has 1 amide bonds. The lowest BCUT2D eigenvalue weighted by Crippen LogP contribution is -2.32. The van der Waals surface area contributed by atoms with Crippen molar-refractivity contribution in [2.45, 2.75) is 20.8 Å². The Morgan fingerprint density at radius 2 is 1.83 bits per heavy atom.